The Morgan fingerprint density at radius 3 is 2.67 bits per heavy atom. The summed E-state index contributed by atoms with van der Waals surface area (Å²) in [6.45, 7) is 3.40. The largest absolute Gasteiger partial charge is 0.314 e. The molecule has 2 aromatic carbocycles. The Morgan fingerprint density at radius 1 is 1.00 bits per heavy atom. The highest BCUT2D eigenvalue weighted by molar-refractivity contribution is 5.77. The van der Waals surface area contributed by atoms with Crippen molar-refractivity contribution in [2.24, 2.45) is 0 Å². The first-order chi connectivity index (χ1) is 10.3. The van der Waals surface area contributed by atoms with E-state index in [1.54, 1.807) is 5.56 Å². The second-order valence-corrected chi connectivity index (χ2v) is 6.57. The molecule has 0 atom stereocenters. The lowest BCUT2D eigenvalue weighted by molar-refractivity contribution is 0.292. The number of hydrogen-bond donors (Lipinski definition) is 1. The van der Waals surface area contributed by atoms with Gasteiger partial charge in [0.15, 0.2) is 0 Å². The van der Waals surface area contributed by atoms with Crippen LogP contribution >= 0.6 is 0 Å². The number of nitrogens with one attached hydrogen (secondary N) is 1. The van der Waals surface area contributed by atoms with E-state index < -0.39 is 0 Å². The maximum absolute atomic E-state index is 3.63. The van der Waals surface area contributed by atoms with Gasteiger partial charge in [-0.1, -0.05) is 49.4 Å². The number of hydrogen-bond acceptors (Lipinski definition) is 1. The summed E-state index contributed by atoms with van der Waals surface area (Å²) in [6.07, 6.45) is 4.97. The molecule has 0 amide bonds. The van der Waals surface area contributed by atoms with E-state index in [0.717, 1.165) is 24.9 Å². The van der Waals surface area contributed by atoms with Gasteiger partial charge >= 0.3 is 0 Å². The van der Waals surface area contributed by atoms with Gasteiger partial charge in [0.1, 0.15) is 0 Å². The summed E-state index contributed by atoms with van der Waals surface area (Å²) in [5.41, 5.74) is 7.46. The van der Waals surface area contributed by atoms with Gasteiger partial charge in [0.25, 0.3) is 0 Å². The molecule has 21 heavy (non-hydrogen) atoms. The van der Waals surface area contributed by atoms with E-state index in [0.29, 0.717) is 0 Å². The average molecular weight is 277 g/mol. The molecule has 1 fully saturated rings. The molecule has 0 saturated heterocycles. The second kappa shape index (κ2) is 5.31. The van der Waals surface area contributed by atoms with Crippen LogP contribution in [0.2, 0.25) is 0 Å². The minimum Gasteiger partial charge on any atom is -0.314 e. The molecule has 1 heteroatoms. The van der Waals surface area contributed by atoms with Gasteiger partial charge in [0.05, 0.1) is 0 Å². The lowest BCUT2D eigenvalue weighted by Gasteiger charge is -2.36. The van der Waals surface area contributed by atoms with Gasteiger partial charge < -0.3 is 5.32 Å². The molecule has 2 aromatic rings. The molecule has 0 heterocycles. The highest BCUT2D eigenvalue weighted by Gasteiger charge is 2.30. The lowest BCUT2D eigenvalue weighted by atomic mass is 9.75. The van der Waals surface area contributed by atoms with Gasteiger partial charge in [-0.3, -0.25) is 0 Å². The van der Waals surface area contributed by atoms with Crippen LogP contribution in [0, 0.1) is 0 Å². The number of benzene rings is 2. The number of fused-ring (bicyclic) bond motifs is 3. The molecule has 4 rings (SSSR count). The summed E-state index contributed by atoms with van der Waals surface area (Å²) < 4.78 is 0. The molecule has 0 aliphatic heterocycles. The quantitative estimate of drug-likeness (QED) is 0.740. The molecule has 108 valence electrons. The minimum atomic E-state index is 0.750. The Labute approximate surface area is 127 Å². The van der Waals surface area contributed by atoms with E-state index in [2.05, 4.69) is 54.7 Å². The average Bonchev–Trinajstić information content (AvgIpc) is 2.83. The van der Waals surface area contributed by atoms with E-state index in [1.165, 1.54) is 41.5 Å². The highest BCUT2D eigenvalue weighted by Crippen LogP contribution is 2.41. The first kappa shape index (κ1) is 13.1. The van der Waals surface area contributed by atoms with E-state index >= 15 is 0 Å². The van der Waals surface area contributed by atoms with Crippen LogP contribution in [0.3, 0.4) is 0 Å². The lowest BCUT2D eigenvalue weighted by Crippen LogP contribution is -2.40. The van der Waals surface area contributed by atoms with Crippen molar-refractivity contribution < 1.29 is 0 Å². The molecule has 1 saturated carbocycles. The zero-order valence-electron chi connectivity index (χ0n) is 12.7. The predicted octanol–water partition coefficient (Wildman–Crippen LogP) is 4.50. The Hall–Kier alpha value is -1.60. The zero-order valence-corrected chi connectivity index (χ0v) is 12.7. The third-order valence-corrected chi connectivity index (χ3v) is 5.11. The van der Waals surface area contributed by atoms with Crippen molar-refractivity contribution in [1.82, 2.24) is 5.32 Å². The smallest absolute Gasteiger partial charge is 0.00787 e. The van der Waals surface area contributed by atoms with Crippen molar-refractivity contribution in [2.75, 3.05) is 6.54 Å². The molecule has 0 unspecified atom stereocenters. The van der Waals surface area contributed by atoms with Crippen molar-refractivity contribution in [3.8, 4) is 11.1 Å². The van der Waals surface area contributed by atoms with Gasteiger partial charge in [-0.25, -0.2) is 0 Å². The van der Waals surface area contributed by atoms with Gasteiger partial charge in [0, 0.05) is 6.04 Å². The fourth-order valence-electron chi connectivity index (χ4n) is 3.82. The highest BCUT2D eigenvalue weighted by atomic mass is 14.9. The number of rotatable bonds is 4. The summed E-state index contributed by atoms with van der Waals surface area (Å²) in [5.74, 6) is 0.772. The van der Waals surface area contributed by atoms with Gasteiger partial charge in [-0.2, -0.15) is 0 Å². The van der Waals surface area contributed by atoms with Crippen molar-refractivity contribution in [2.45, 2.75) is 44.6 Å². The van der Waals surface area contributed by atoms with Crippen LogP contribution in [0.1, 0.15) is 48.8 Å². The summed E-state index contributed by atoms with van der Waals surface area (Å²) >= 11 is 0. The molecule has 0 radical (unpaired) electrons. The van der Waals surface area contributed by atoms with Crippen LogP contribution in [0.5, 0.6) is 0 Å². The first-order valence-corrected chi connectivity index (χ1v) is 8.29. The van der Waals surface area contributed by atoms with Gasteiger partial charge in [0.2, 0.25) is 0 Å². The molecule has 1 N–H and O–H groups in total. The Kier molecular flexibility index (Phi) is 3.31. The zero-order chi connectivity index (χ0) is 14.2. The summed E-state index contributed by atoms with van der Waals surface area (Å²) in [4.78, 5) is 0. The Morgan fingerprint density at radius 2 is 1.81 bits per heavy atom. The van der Waals surface area contributed by atoms with Crippen molar-refractivity contribution in [1.29, 1.82) is 0 Å². The summed E-state index contributed by atoms with van der Waals surface area (Å²) in [6, 6.07) is 16.8. The van der Waals surface area contributed by atoms with Crippen LogP contribution in [-0.4, -0.2) is 12.6 Å². The third-order valence-electron chi connectivity index (χ3n) is 5.11. The van der Waals surface area contributed by atoms with Crippen molar-refractivity contribution in [3.63, 3.8) is 0 Å². The Balaban J connectivity index is 1.50. The fraction of sp³-hybridized carbons (Fsp3) is 0.400. The third kappa shape index (κ3) is 2.30. The molecule has 0 aromatic heterocycles. The van der Waals surface area contributed by atoms with Crippen LogP contribution in [-0.2, 0) is 6.42 Å². The first-order valence-electron chi connectivity index (χ1n) is 8.29. The summed E-state index contributed by atoms with van der Waals surface area (Å²) in [7, 11) is 0. The molecule has 0 spiro atoms. The molecular weight excluding hydrogens is 254 g/mol. The van der Waals surface area contributed by atoms with Crippen LogP contribution < -0.4 is 5.32 Å². The van der Waals surface area contributed by atoms with Crippen LogP contribution in [0.4, 0.5) is 0 Å². The minimum absolute atomic E-state index is 0.750. The topological polar surface area (TPSA) is 12.0 Å². The monoisotopic (exact) mass is 277 g/mol. The second-order valence-electron chi connectivity index (χ2n) is 6.57. The van der Waals surface area contributed by atoms with E-state index in [-0.39, 0.29) is 0 Å². The van der Waals surface area contributed by atoms with E-state index in [4.69, 9.17) is 0 Å². The normalized spacial score (nSPS) is 22.5. The summed E-state index contributed by atoms with van der Waals surface area (Å²) in [5, 5.41) is 3.63. The van der Waals surface area contributed by atoms with Crippen molar-refractivity contribution >= 4 is 0 Å². The van der Waals surface area contributed by atoms with E-state index in [9.17, 15) is 0 Å². The maximum atomic E-state index is 3.63. The molecular formula is C20H23N. The fourth-order valence-corrected chi connectivity index (χ4v) is 3.82. The molecule has 2 aliphatic rings. The maximum Gasteiger partial charge on any atom is 0.00787 e. The van der Waals surface area contributed by atoms with Crippen LogP contribution in [0.15, 0.2) is 42.5 Å². The van der Waals surface area contributed by atoms with Crippen LogP contribution in [0.25, 0.3) is 11.1 Å². The Bertz CT molecular complexity index is 653. The van der Waals surface area contributed by atoms with Gasteiger partial charge in [-0.05, 0) is 66.0 Å². The van der Waals surface area contributed by atoms with Gasteiger partial charge in [-0.15, -0.1) is 0 Å². The SMILES string of the molecule is CCCNC1CC(c2ccc3c(c2)Cc2ccccc2-3)C1. The molecule has 0 bridgehead atoms. The standard InChI is InChI=1S/C20H23N/c1-2-9-21-18-12-16(13-18)14-7-8-20-17(10-14)11-15-5-3-4-6-19(15)20/h3-8,10,16,18,21H,2,9,11-13H2,1H3. The molecule has 1 nitrogen and oxygen atoms in total. The molecule has 2 aliphatic carbocycles. The van der Waals surface area contributed by atoms with E-state index in [1.807, 2.05) is 0 Å². The predicted molar refractivity (Wildman–Crippen MR) is 88.7 cm³/mol. The van der Waals surface area contributed by atoms with Crippen molar-refractivity contribution in [3.05, 3.63) is 59.2 Å².